The summed E-state index contributed by atoms with van der Waals surface area (Å²) in [5.41, 5.74) is 6.02. The molecule has 0 aliphatic heterocycles. The third-order valence-corrected chi connectivity index (χ3v) is 4.11. The van der Waals surface area contributed by atoms with Crippen LogP contribution >= 0.6 is 11.3 Å². The number of anilines is 2. The van der Waals surface area contributed by atoms with E-state index in [1.165, 1.54) is 24.8 Å². The molecule has 0 unspecified atom stereocenters. The predicted octanol–water partition coefficient (Wildman–Crippen LogP) is 2.33. The minimum absolute atomic E-state index is 0.0169. The Kier molecular flexibility index (Phi) is 4.16. The van der Waals surface area contributed by atoms with Gasteiger partial charge < -0.3 is 5.73 Å². The average molecular weight is 351 g/mol. The van der Waals surface area contributed by atoms with Gasteiger partial charge in [0.05, 0.1) is 10.6 Å². The summed E-state index contributed by atoms with van der Waals surface area (Å²) in [5, 5.41) is 2.76. The monoisotopic (exact) mass is 351 g/mol. The number of nitrogens with one attached hydrogen (secondary N) is 1. The van der Waals surface area contributed by atoms with Crippen molar-refractivity contribution in [3.8, 4) is 10.7 Å². The van der Waals surface area contributed by atoms with E-state index < -0.39 is 12.5 Å². The summed E-state index contributed by atoms with van der Waals surface area (Å²) in [5.74, 6) is -0.519. The van der Waals surface area contributed by atoms with Crippen molar-refractivity contribution in [1.29, 1.82) is 0 Å². The van der Waals surface area contributed by atoms with Crippen molar-refractivity contribution in [2.75, 3.05) is 11.1 Å². The lowest BCUT2D eigenvalue weighted by molar-refractivity contribution is 0.0720. The highest BCUT2D eigenvalue weighted by molar-refractivity contribution is 7.19. The quantitative estimate of drug-likeness (QED) is 0.746. The number of thiazole rings is 1. The van der Waals surface area contributed by atoms with Crippen molar-refractivity contribution >= 4 is 28.2 Å². The van der Waals surface area contributed by atoms with Crippen LogP contribution in [-0.4, -0.2) is 30.4 Å². The molecule has 3 aromatic rings. The smallest absolute Gasteiger partial charge is 0.320 e. The van der Waals surface area contributed by atoms with Crippen LogP contribution in [0.1, 0.15) is 22.7 Å². The zero-order chi connectivity index (χ0) is 17.3. The number of nitrogens with two attached hydrogens (primary N) is 1. The Hall–Kier alpha value is -2.95. The van der Waals surface area contributed by atoms with E-state index in [9.17, 15) is 13.6 Å². The highest BCUT2D eigenvalue weighted by atomic mass is 32.1. The van der Waals surface area contributed by atoms with E-state index >= 15 is 0 Å². The molecular weight excluding hydrogens is 340 g/mol. The maximum absolute atomic E-state index is 13.0. The summed E-state index contributed by atoms with van der Waals surface area (Å²) in [4.78, 5) is 28.3. The summed E-state index contributed by atoms with van der Waals surface area (Å²) in [6.07, 6.45) is 5.15. The van der Waals surface area contributed by atoms with Gasteiger partial charge in [0.25, 0.3) is 5.91 Å². The van der Waals surface area contributed by atoms with Gasteiger partial charge in [-0.2, -0.15) is 8.78 Å². The Labute approximate surface area is 138 Å². The molecule has 0 radical (unpaired) electrons. The second-order valence-electron chi connectivity index (χ2n) is 4.61. The largest absolute Gasteiger partial charge is 0.382 e. The third kappa shape index (κ3) is 2.93. The Morgan fingerprint density at radius 2 is 2.04 bits per heavy atom. The molecule has 3 N–H and O–H groups in total. The van der Waals surface area contributed by atoms with E-state index in [0.717, 1.165) is 15.9 Å². The standard InChI is InChI=1S/C13H11F2N7OS/c1-6-8(10-19-4-5-22(10)12(14)15)24-13(20-6)21-11(23)7-9(16)18-3-2-17-7/h2-5,12H,1H3,(H2,16,18)(H,20,21,23). The van der Waals surface area contributed by atoms with E-state index in [0.29, 0.717) is 10.6 Å². The number of hydrogen-bond donors (Lipinski definition) is 2. The Morgan fingerprint density at radius 1 is 1.29 bits per heavy atom. The van der Waals surface area contributed by atoms with Gasteiger partial charge in [0.1, 0.15) is 0 Å². The molecular formula is C13H11F2N7OS. The Bertz CT molecular complexity index is 892. The van der Waals surface area contributed by atoms with Gasteiger partial charge in [0.2, 0.25) is 0 Å². The fourth-order valence-electron chi connectivity index (χ4n) is 1.98. The molecule has 0 saturated carbocycles. The number of rotatable bonds is 4. The highest BCUT2D eigenvalue weighted by Crippen LogP contribution is 2.33. The number of carbonyl (C=O) groups is 1. The molecule has 0 spiro atoms. The first-order valence-electron chi connectivity index (χ1n) is 6.64. The molecule has 0 aliphatic rings. The normalized spacial score (nSPS) is 11.0. The van der Waals surface area contributed by atoms with Crippen molar-refractivity contribution in [3.63, 3.8) is 0 Å². The van der Waals surface area contributed by atoms with Crippen LogP contribution in [0.15, 0.2) is 24.8 Å². The molecule has 11 heteroatoms. The molecule has 1 amide bonds. The fraction of sp³-hybridized carbons (Fsp3) is 0.154. The SMILES string of the molecule is Cc1nc(NC(=O)c2nccnc2N)sc1-c1nccn1C(F)F. The number of alkyl halides is 2. The zero-order valence-corrected chi connectivity index (χ0v) is 13.1. The molecule has 3 rings (SSSR count). The van der Waals surface area contributed by atoms with Gasteiger partial charge in [-0.3, -0.25) is 14.7 Å². The van der Waals surface area contributed by atoms with Gasteiger partial charge in [-0.25, -0.2) is 19.9 Å². The molecule has 0 atom stereocenters. The molecule has 0 saturated heterocycles. The number of carbonyl (C=O) groups excluding carboxylic acids is 1. The first-order chi connectivity index (χ1) is 11.5. The summed E-state index contributed by atoms with van der Waals surface area (Å²) >= 11 is 1.03. The van der Waals surface area contributed by atoms with Gasteiger partial charge >= 0.3 is 6.55 Å². The molecule has 0 aromatic carbocycles. The number of aromatic nitrogens is 5. The second kappa shape index (κ2) is 6.28. The number of imidazole rings is 1. The third-order valence-electron chi connectivity index (χ3n) is 3.04. The molecule has 0 bridgehead atoms. The van der Waals surface area contributed by atoms with E-state index in [2.05, 4.69) is 25.3 Å². The van der Waals surface area contributed by atoms with Crippen LogP contribution in [0.5, 0.6) is 0 Å². The molecule has 124 valence electrons. The number of aryl methyl sites for hydroxylation is 1. The van der Waals surface area contributed by atoms with E-state index in [1.54, 1.807) is 6.92 Å². The van der Waals surface area contributed by atoms with E-state index in [1.807, 2.05) is 0 Å². The number of halogens is 2. The molecule has 0 aliphatic carbocycles. The number of hydrogen-bond acceptors (Lipinski definition) is 7. The lowest BCUT2D eigenvalue weighted by Gasteiger charge is -2.04. The first-order valence-corrected chi connectivity index (χ1v) is 7.45. The lowest BCUT2D eigenvalue weighted by atomic mass is 10.4. The number of nitrogens with zero attached hydrogens (tertiary/aromatic N) is 5. The predicted molar refractivity (Wildman–Crippen MR) is 83.7 cm³/mol. The van der Waals surface area contributed by atoms with Gasteiger partial charge in [0, 0.05) is 24.8 Å². The lowest BCUT2D eigenvalue weighted by Crippen LogP contribution is -2.16. The van der Waals surface area contributed by atoms with Crippen molar-refractivity contribution in [1.82, 2.24) is 24.5 Å². The van der Waals surface area contributed by atoms with Crippen LogP contribution < -0.4 is 11.1 Å². The summed E-state index contributed by atoms with van der Waals surface area (Å²) in [6.45, 7) is -1.08. The maximum atomic E-state index is 13.0. The van der Waals surface area contributed by atoms with Crippen molar-refractivity contribution in [2.45, 2.75) is 13.5 Å². The molecule has 0 fully saturated rings. The zero-order valence-electron chi connectivity index (χ0n) is 12.3. The van der Waals surface area contributed by atoms with Crippen molar-refractivity contribution in [3.05, 3.63) is 36.2 Å². The van der Waals surface area contributed by atoms with Crippen LogP contribution in [0, 0.1) is 6.92 Å². The topological polar surface area (TPSA) is 112 Å². The van der Waals surface area contributed by atoms with Crippen LogP contribution in [0.25, 0.3) is 10.7 Å². The average Bonchev–Trinajstić information content (AvgIpc) is 3.14. The highest BCUT2D eigenvalue weighted by Gasteiger charge is 2.20. The van der Waals surface area contributed by atoms with Gasteiger partial charge in [-0.05, 0) is 6.92 Å². The van der Waals surface area contributed by atoms with Crippen LogP contribution in [0.3, 0.4) is 0 Å². The molecule has 3 heterocycles. The first kappa shape index (κ1) is 15.9. The fourth-order valence-corrected chi connectivity index (χ4v) is 2.95. The molecule has 24 heavy (non-hydrogen) atoms. The van der Waals surface area contributed by atoms with Gasteiger partial charge in [-0.1, -0.05) is 11.3 Å². The molecule has 8 nitrogen and oxygen atoms in total. The van der Waals surface area contributed by atoms with Crippen LogP contribution in [-0.2, 0) is 0 Å². The number of amides is 1. The molecule has 3 aromatic heterocycles. The summed E-state index contributed by atoms with van der Waals surface area (Å²) in [6, 6.07) is 0. The van der Waals surface area contributed by atoms with Crippen LogP contribution in [0.4, 0.5) is 19.7 Å². The summed E-state index contributed by atoms with van der Waals surface area (Å²) < 4.78 is 26.7. The minimum Gasteiger partial charge on any atom is -0.382 e. The summed E-state index contributed by atoms with van der Waals surface area (Å²) in [7, 11) is 0. The van der Waals surface area contributed by atoms with E-state index in [4.69, 9.17) is 5.73 Å². The van der Waals surface area contributed by atoms with Gasteiger partial charge in [0.15, 0.2) is 22.5 Å². The van der Waals surface area contributed by atoms with Crippen molar-refractivity contribution < 1.29 is 13.6 Å². The second-order valence-corrected chi connectivity index (χ2v) is 5.61. The van der Waals surface area contributed by atoms with Crippen molar-refractivity contribution in [2.24, 2.45) is 0 Å². The van der Waals surface area contributed by atoms with Crippen LogP contribution in [0.2, 0.25) is 0 Å². The minimum atomic E-state index is -2.72. The Balaban J connectivity index is 1.88. The number of nitrogen functional groups attached to an aromatic ring is 1. The maximum Gasteiger partial charge on any atom is 0.320 e. The van der Waals surface area contributed by atoms with Gasteiger partial charge in [-0.15, -0.1) is 0 Å². The van der Waals surface area contributed by atoms with E-state index in [-0.39, 0.29) is 22.5 Å². The Morgan fingerprint density at radius 3 is 2.75 bits per heavy atom.